The number of ether oxygens (including phenoxy) is 1. The Morgan fingerprint density at radius 2 is 2.31 bits per heavy atom. The minimum absolute atomic E-state index is 0.403. The number of likely N-dealkylation sites (tertiary alicyclic amines) is 1. The monoisotopic (exact) mass is 187 g/mol. The molecule has 0 aromatic carbocycles. The average molecular weight is 187 g/mol. The Kier molecular flexibility index (Phi) is 3.25. The molecule has 0 spiro atoms. The van der Waals surface area contributed by atoms with E-state index in [4.69, 9.17) is 5.11 Å². The van der Waals surface area contributed by atoms with E-state index in [1.54, 1.807) is 0 Å². The van der Waals surface area contributed by atoms with Crippen molar-refractivity contribution < 1.29 is 19.4 Å². The normalized spacial score (nSPS) is 21.7. The first-order valence-electron chi connectivity index (χ1n) is 4.19. The second kappa shape index (κ2) is 4.23. The van der Waals surface area contributed by atoms with Crippen molar-refractivity contribution in [2.24, 2.45) is 0 Å². The lowest BCUT2D eigenvalue weighted by molar-refractivity contribution is -0.151. The minimum Gasteiger partial charge on any atom is -0.467 e. The number of methoxy groups -OCH3 is 1. The van der Waals surface area contributed by atoms with Gasteiger partial charge in [-0.05, 0) is 12.8 Å². The standard InChI is InChI=1S/C8H13NO4/c1-13-8(12)6-3-2-4-9(6)7(11)5-10/h6,10H,2-5H2,1H3. The van der Waals surface area contributed by atoms with Gasteiger partial charge < -0.3 is 14.7 Å². The van der Waals surface area contributed by atoms with Crippen LogP contribution in [0.5, 0.6) is 0 Å². The number of hydrogen-bond donors (Lipinski definition) is 1. The molecular weight excluding hydrogens is 174 g/mol. The van der Waals surface area contributed by atoms with Gasteiger partial charge in [0.25, 0.3) is 0 Å². The molecule has 0 aromatic rings. The molecule has 74 valence electrons. The van der Waals surface area contributed by atoms with Crippen LogP contribution in [-0.2, 0) is 14.3 Å². The molecule has 1 fully saturated rings. The number of carbonyl (C=O) groups is 2. The fourth-order valence-electron chi connectivity index (χ4n) is 1.54. The minimum atomic E-state index is -0.548. The first-order valence-corrected chi connectivity index (χ1v) is 4.19. The van der Waals surface area contributed by atoms with Crippen molar-refractivity contribution in [2.45, 2.75) is 18.9 Å². The number of carbonyl (C=O) groups excluding carboxylic acids is 2. The molecular formula is C8H13NO4. The van der Waals surface area contributed by atoms with Gasteiger partial charge in [-0.1, -0.05) is 0 Å². The molecule has 0 aliphatic carbocycles. The van der Waals surface area contributed by atoms with Crippen LogP contribution in [-0.4, -0.2) is 48.2 Å². The van der Waals surface area contributed by atoms with Gasteiger partial charge in [0, 0.05) is 6.54 Å². The second-order valence-corrected chi connectivity index (χ2v) is 2.93. The highest BCUT2D eigenvalue weighted by atomic mass is 16.5. The Morgan fingerprint density at radius 1 is 1.62 bits per heavy atom. The fourth-order valence-corrected chi connectivity index (χ4v) is 1.54. The van der Waals surface area contributed by atoms with Crippen LogP contribution in [0.3, 0.4) is 0 Å². The van der Waals surface area contributed by atoms with Crippen LogP contribution < -0.4 is 0 Å². The third kappa shape index (κ3) is 1.98. The van der Waals surface area contributed by atoms with E-state index >= 15 is 0 Å². The number of esters is 1. The number of aliphatic hydroxyl groups is 1. The van der Waals surface area contributed by atoms with Crippen molar-refractivity contribution in [3.63, 3.8) is 0 Å². The van der Waals surface area contributed by atoms with Gasteiger partial charge in [0.1, 0.15) is 12.6 Å². The molecule has 5 nitrogen and oxygen atoms in total. The van der Waals surface area contributed by atoms with E-state index < -0.39 is 24.5 Å². The quantitative estimate of drug-likeness (QED) is 0.571. The van der Waals surface area contributed by atoms with E-state index in [1.807, 2.05) is 0 Å². The van der Waals surface area contributed by atoms with E-state index in [9.17, 15) is 9.59 Å². The molecule has 5 heteroatoms. The van der Waals surface area contributed by atoms with Crippen molar-refractivity contribution in [1.29, 1.82) is 0 Å². The van der Waals surface area contributed by atoms with E-state index in [0.29, 0.717) is 13.0 Å². The van der Waals surface area contributed by atoms with Gasteiger partial charge in [-0.3, -0.25) is 4.79 Å². The predicted molar refractivity (Wildman–Crippen MR) is 43.8 cm³/mol. The maximum absolute atomic E-state index is 11.1. The molecule has 1 aliphatic rings. The lowest BCUT2D eigenvalue weighted by Gasteiger charge is -2.21. The summed E-state index contributed by atoms with van der Waals surface area (Å²) in [5.74, 6) is -0.813. The Hall–Kier alpha value is -1.10. The van der Waals surface area contributed by atoms with Gasteiger partial charge in [0.05, 0.1) is 7.11 Å². The maximum atomic E-state index is 11.1. The molecule has 1 saturated heterocycles. The van der Waals surface area contributed by atoms with Crippen LogP contribution in [0.2, 0.25) is 0 Å². The van der Waals surface area contributed by atoms with Crippen LogP contribution in [0.25, 0.3) is 0 Å². The molecule has 1 aliphatic heterocycles. The molecule has 0 saturated carbocycles. The van der Waals surface area contributed by atoms with Crippen molar-refractivity contribution in [3.05, 3.63) is 0 Å². The van der Waals surface area contributed by atoms with E-state index in [2.05, 4.69) is 4.74 Å². The summed E-state index contributed by atoms with van der Waals surface area (Å²) in [5.41, 5.74) is 0. The highest BCUT2D eigenvalue weighted by molar-refractivity contribution is 5.85. The lowest BCUT2D eigenvalue weighted by atomic mass is 10.2. The number of amides is 1. The third-order valence-corrected chi connectivity index (χ3v) is 2.18. The van der Waals surface area contributed by atoms with Crippen molar-refractivity contribution in [2.75, 3.05) is 20.3 Å². The number of rotatable bonds is 2. The Bertz CT molecular complexity index is 194. The topological polar surface area (TPSA) is 66.8 Å². The third-order valence-electron chi connectivity index (χ3n) is 2.18. The molecule has 1 heterocycles. The summed E-state index contributed by atoms with van der Waals surface area (Å²) in [7, 11) is 1.29. The van der Waals surface area contributed by atoms with Gasteiger partial charge in [-0.25, -0.2) is 4.79 Å². The van der Waals surface area contributed by atoms with Crippen molar-refractivity contribution in [3.8, 4) is 0 Å². The first-order chi connectivity index (χ1) is 6.20. The first kappa shape index (κ1) is 9.98. The smallest absolute Gasteiger partial charge is 0.328 e. The van der Waals surface area contributed by atoms with Crippen molar-refractivity contribution >= 4 is 11.9 Å². The summed E-state index contributed by atoms with van der Waals surface area (Å²) in [6.45, 7) is -0.0212. The summed E-state index contributed by atoms with van der Waals surface area (Å²) < 4.78 is 4.54. The second-order valence-electron chi connectivity index (χ2n) is 2.93. The van der Waals surface area contributed by atoms with Gasteiger partial charge >= 0.3 is 5.97 Å². The summed E-state index contributed by atoms with van der Waals surface area (Å²) in [6, 6.07) is -0.496. The zero-order valence-electron chi connectivity index (χ0n) is 7.52. The van der Waals surface area contributed by atoms with Gasteiger partial charge in [0.2, 0.25) is 5.91 Å². The fraction of sp³-hybridized carbons (Fsp3) is 0.750. The summed E-state index contributed by atoms with van der Waals surface area (Å²) in [4.78, 5) is 23.6. The van der Waals surface area contributed by atoms with Crippen LogP contribution in [0.1, 0.15) is 12.8 Å². The van der Waals surface area contributed by atoms with E-state index in [0.717, 1.165) is 6.42 Å². The van der Waals surface area contributed by atoms with Gasteiger partial charge in [-0.15, -0.1) is 0 Å². The van der Waals surface area contributed by atoms with Crippen LogP contribution in [0, 0.1) is 0 Å². The molecule has 1 amide bonds. The Morgan fingerprint density at radius 3 is 2.85 bits per heavy atom. The van der Waals surface area contributed by atoms with Crippen LogP contribution in [0.4, 0.5) is 0 Å². The van der Waals surface area contributed by atoms with Gasteiger partial charge in [0.15, 0.2) is 0 Å². The molecule has 1 atom stereocenters. The highest BCUT2D eigenvalue weighted by Gasteiger charge is 2.34. The van der Waals surface area contributed by atoms with E-state index in [-0.39, 0.29) is 0 Å². The summed E-state index contributed by atoms with van der Waals surface area (Å²) in [5, 5.41) is 8.62. The highest BCUT2D eigenvalue weighted by Crippen LogP contribution is 2.17. The van der Waals surface area contributed by atoms with Gasteiger partial charge in [-0.2, -0.15) is 0 Å². The molecule has 1 rings (SSSR count). The number of hydrogen-bond acceptors (Lipinski definition) is 4. The van der Waals surface area contributed by atoms with Crippen LogP contribution >= 0.6 is 0 Å². The number of aliphatic hydroxyl groups excluding tert-OH is 1. The maximum Gasteiger partial charge on any atom is 0.328 e. The zero-order chi connectivity index (χ0) is 9.84. The molecule has 13 heavy (non-hydrogen) atoms. The predicted octanol–water partition coefficient (Wildman–Crippen LogP) is -0.857. The lowest BCUT2D eigenvalue weighted by Crippen LogP contribution is -2.42. The SMILES string of the molecule is COC(=O)C1CCCN1C(=O)CO. The Labute approximate surface area is 76.3 Å². The van der Waals surface area contributed by atoms with Crippen molar-refractivity contribution in [1.82, 2.24) is 4.90 Å². The zero-order valence-corrected chi connectivity index (χ0v) is 7.52. The molecule has 0 aromatic heterocycles. The molecule has 1 unspecified atom stereocenters. The van der Waals surface area contributed by atoms with Crippen LogP contribution in [0.15, 0.2) is 0 Å². The summed E-state index contributed by atoms with van der Waals surface area (Å²) >= 11 is 0. The number of nitrogens with zero attached hydrogens (tertiary/aromatic N) is 1. The molecule has 1 N–H and O–H groups in total. The molecule has 0 radical (unpaired) electrons. The largest absolute Gasteiger partial charge is 0.467 e. The van der Waals surface area contributed by atoms with E-state index in [1.165, 1.54) is 12.0 Å². The Balaban J connectivity index is 2.63. The summed E-state index contributed by atoms with van der Waals surface area (Å²) in [6.07, 6.45) is 1.41. The molecule has 0 bridgehead atoms. The average Bonchev–Trinajstić information content (AvgIpc) is 2.63.